The fourth-order valence-electron chi connectivity index (χ4n) is 2.49. The molecule has 1 aliphatic rings. The summed E-state index contributed by atoms with van der Waals surface area (Å²) < 4.78 is 37.1. The van der Waals surface area contributed by atoms with Crippen molar-refractivity contribution in [1.29, 1.82) is 0 Å². The van der Waals surface area contributed by atoms with Crippen LogP contribution in [0, 0.1) is 0 Å². The average Bonchev–Trinajstić information content (AvgIpc) is 2.62. The number of ether oxygens (including phenoxy) is 2. The minimum absolute atomic E-state index is 0. The molecule has 1 fully saturated rings. The van der Waals surface area contributed by atoms with Crippen LogP contribution < -0.4 is 4.74 Å². The van der Waals surface area contributed by atoms with E-state index in [-0.39, 0.29) is 35.4 Å². The van der Waals surface area contributed by atoms with Crippen molar-refractivity contribution in [3.8, 4) is 5.88 Å². The summed E-state index contributed by atoms with van der Waals surface area (Å²) in [6.07, 6.45) is 1.19. The maximum atomic E-state index is 12.8. The third-order valence-corrected chi connectivity index (χ3v) is 6.05. The molecule has 1 saturated heterocycles. The summed E-state index contributed by atoms with van der Waals surface area (Å²) in [4.78, 5) is 17.7. The van der Waals surface area contributed by atoms with Crippen LogP contribution in [-0.4, -0.2) is 80.9 Å². The molecular weight excluding hydrogens is 405 g/mol. The van der Waals surface area contributed by atoms with Crippen LogP contribution in [0.15, 0.2) is 17.2 Å². The second-order valence-electron chi connectivity index (χ2n) is 5.48. The van der Waals surface area contributed by atoms with Crippen molar-refractivity contribution in [2.24, 2.45) is 0 Å². The van der Waals surface area contributed by atoms with Crippen molar-refractivity contribution in [3.63, 3.8) is 0 Å². The first kappa shape index (κ1) is 23.1. The zero-order chi connectivity index (χ0) is 18.4. The Morgan fingerprint density at radius 1 is 1.27 bits per heavy atom. The predicted octanol–water partition coefficient (Wildman–Crippen LogP) is 1.23. The van der Waals surface area contributed by atoms with Gasteiger partial charge < -0.3 is 14.4 Å². The Kier molecular flexibility index (Phi) is 9.22. The van der Waals surface area contributed by atoms with Gasteiger partial charge >= 0.3 is 0 Å². The number of likely N-dealkylation sites (N-methyl/N-ethyl adjacent to an activating group) is 1. The monoisotopic (exact) mass is 427 g/mol. The first-order valence-electron chi connectivity index (χ1n) is 7.94. The first-order valence-corrected chi connectivity index (χ1v) is 9.76. The van der Waals surface area contributed by atoms with Gasteiger partial charge in [-0.15, -0.1) is 12.4 Å². The lowest BCUT2D eigenvalue weighted by molar-refractivity contribution is 0.107. The van der Waals surface area contributed by atoms with Crippen molar-refractivity contribution >= 4 is 39.3 Å². The Morgan fingerprint density at radius 2 is 1.92 bits per heavy atom. The minimum atomic E-state index is -3.74. The zero-order valence-electron chi connectivity index (χ0n) is 14.7. The van der Waals surface area contributed by atoms with Gasteiger partial charge in [-0.3, -0.25) is 4.79 Å². The van der Waals surface area contributed by atoms with Crippen molar-refractivity contribution in [2.45, 2.75) is 11.8 Å². The number of methoxy groups -OCH3 is 1. The number of carbonyl (C=O) groups is 1. The van der Waals surface area contributed by atoms with Gasteiger partial charge in [-0.05, 0) is 24.2 Å². The van der Waals surface area contributed by atoms with Gasteiger partial charge in [-0.25, -0.2) is 13.4 Å². The van der Waals surface area contributed by atoms with Gasteiger partial charge in [0.15, 0.2) is 0 Å². The summed E-state index contributed by atoms with van der Waals surface area (Å²) in [5.74, 6) is -0.00759. The Bertz CT molecular complexity index is 709. The second kappa shape index (κ2) is 10.4. The molecule has 0 N–H and O–H groups in total. The fourth-order valence-corrected chi connectivity index (χ4v) is 4.02. The fraction of sp³-hybridized carbons (Fsp3) is 0.600. The zero-order valence-corrected chi connectivity index (χ0v) is 17.1. The molecule has 0 bridgehead atoms. The van der Waals surface area contributed by atoms with Crippen LogP contribution in [0.2, 0.25) is 0 Å². The number of aromatic nitrogens is 1. The van der Waals surface area contributed by atoms with E-state index >= 15 is 0 Å². The molecule has 1 aromatic rings. The molecule has 2 rings (SSSR count). The number of hydrogen-bond acceptors (Lipinski definition) is 7. The molecule has 0 aliphatic carbocycles. The molecule has 0 atom stereocenters. The predicted molar refractivity (Wildman–Crippen MR) is 99.9 cm³/mol. The lowest BCUT2D eigenvalue weighted by atomic mass is 10.3. The lowest BCUT2D eigenvalue weighted by Gasteiger charge is -2.33. The molecule has 0 amide bonds. The smallest absolute Gasteiger partial charge is 0.257 e. The van der Waals surface area contributed by atoms with Crippen LogP contribution in [0.1, 0.15) is 17.3 Å². The SMILES string of the molecule is CCN1CCN(S(=O)(=O)c2cnc(OCCOC)c(C(=O)Cl)c2)CC1.Cl. The van der Waals surface area contributed by atoms with Crippen molar-refractivity contribution in [3.05, 3.63) is 17.8 Å². The van der Waals surface area contributed by atoms with Gasteiger partial charge in [0, 0.05) is 33.3 Å². The van der Waals surface area contributed by atoms with Crippen LogP contribution in [-0.2, 0) is 14.8 Å². The quantitative estimate of drug-likeness (QED) is 0.455. The number of nitrogens with zero attached hydrogens (tertiary/aromatic N) is 3. The average molecular weight is 428 g/mol. The summed E-state index contributed by atoms with van der Waals surface area (Å²) >= 11 is 5.56. The van der Waals surface area contributed by atoms with Gasteiger partial charge in [0.1, 0.15) is 11.5 Å². The van der Waals surface area contributed by atoms with Crippen LogP contribution in [0.25, 0.3) is 0 Å². The summed E-state index contributed by atoms with van der Waals surface area (Å²) in [7, 11) is -2.23. The van der Waals surface area contributed by atoms with E-state index in [1.54, 1.807) is 0 Å². The topological polar surface area (TPSA) is 89.0 Å². The second-order valence-corrected chi connectivity index (χ2v) is 7.76. The van der Waals surface area contributed by atoms with Gasteiger partial charge in [-0.2, -0.15) is 4.31 Å². The van der Waals surface area contributed by atoms with Crippen molar-refractivity contribution in [2.75, 3.05) is 53.0 Å². The highest BCUT2D eigenvalue weighted by Gasteiger charge is 2.29. The number of pyridine rings is 1. The van der Waals surface area contributed by atoms with Crippen LogP contribution in [0.5, 0.6) is 5.88 Å². The lowest BCUT2D eigenvalue weighted by Crippen LogP contribution is -2.48. The molecule has 0 aromatic carbocycles. The van der Waals surface area contributed by atoms with E-state index in [1.807, 2.05) is 6.92 Å². The summed E-state index contributed by atoms with van der Waals surface area (Å²) in [5.41, 5.74) is -0.0777. The molecular formula is C15H23Cl2N3O5S. The molecule has 0 radical (unpaired) electrons. The third-order valence-electron chi connectivity index (χ3n) is 3.98. The Labute approximate surface area is 164 Å². The molecule has 1 aromatic heterocycles. The number of carbonyl (C=O) groups excluding carboxylic acids is 1. The van der Waals surface area contributed by atoms with Gasteiger partial charge in [0.25, 0.3) is 5.24 Å². The number of rotatable bonds is 8. The molecule has 2 heterocycles. The highest BCUT2D eigenvalue weighted by Crippen LogP contribution is 2.24. The van der Waals surface area contributed by atoms with Gasteiger partial charge in [0.05, 0.1) is 18.4 Å². The third kappa shape index (κ3) is 5.51. The molecule has 11 heteroatoms. The van der Waals surface area contributed by atoms with E-state index in [0.717, 1.165) is 6.54 Å². The standard InChI is InChI=1S/C15H22ClN3O5S.ClH/c1-3-18-4-6-19(7-5-18)25(21,22)12-10-13(14(16)20)15(17-11-12)24-9-8-23-2;/h10-11H,3-9H2,1-2H3;1H. The number of hydrogen-bond donors (Lipinski definition) is 0. The van der Waals surface area contributed by atoms with E-state index in [4.69, 9.17) is 21.1 Å². The van der Waals surface area contributed by atoms with Gasteiger partial charge in [0.2, 0.25) is 15.9 Å². The highest BCUT2D eigenvalue weighted by atomic mass is 35.5. The first-order chi connectivity index (χ1) is 11.9. The van der Waals surface area contributed by atoms with E-state index in [1.165, 1.54) is 23.7 Å². The molecule has 26 heavy (non-hydrogen) atoms. The Hall–Kier alpha value is -0.970. The molecule has 0 unspecified atom stereocenters. The van der Waals surface area contributed by atoms with Crippen LogP contribution in [0.4, 0.5) is 0 Å². The summed E-state index contributed by atoms with van der Waals surface area (Å²) in [6.45, 7) is 5.53. The summed E-state index contributed by atoms with van der Waals surface area (Å²) in [5, 5.41) is -0.826. The Balaban J connectivity index is 0.00000338. The van der Waals surface area contributed by atoms with E-state index in [0.29, 0.717) is 32.8 Å². The Morgan fingerprint density at radius 3 is 2.46 bits per heavy atom. The number of sulfonamides is 1. The minimum Gasteiger partial charge on any atom is -0.475 e. The number of halogens is 2. The molecule has 148 valence electrons. The van der Waals surface area contributed by atoms with E-state index in [2.05, 4.69) is 9.88 Å². The van der Waals surface area contributed by atoms with Crippen molar-refractivity contribution < 1.29 is 22.7 Å². The molecule has 8 nitrogen and oxygen atoms in total. The molecule has 1 aliphatic heterocycles. The van der Waals surface area contributed by atoms with Crippen LogP contribution >= 0.6 is 24.0 Å². The van der Waals surface area contributed by atoms with Crippen molar-refractivity contribution in [1.82, 2.24) is 14.2 Å². The van der Waals surface area contributed by atoms with E-state index in [9.17, 15) is 13.2 Å². The molecule has 0 spiro atoms. The van der Waals surface area contributed by atoms with E-state index < -0.39 is 15.3 Å². The maximum absolute atomic E-state index is 12.8. The maximum Gasteiger partial charge on any atom is 0.257 e. The highest BCUT2D eigenvalue weighted by molar-refractivity contribution is 7.89. The molecule has 0 saturated carbocycles. The van der Waals surface area contributed by atoms with Gasteiger partial charge in [-0.1, -0.05) is 6.92 Å². The normalized spacial score (nSPS) is 16.1. The van der Waals surface area contributed by atoms with Crippen LogP contribution in [0.3, 0.4) is 0 Å². The largest absolute Gasteiger partial charge is 0.475 e. The number of piperazine rings is 1. The summed E-state index contributed by atoms with van der Waals surface area (Å²) in [6, 6.07) is 1.21.